The van der Waals surface area contributed by atoms with Crippen molar-refractivity contribution >= 4 is 29.2 Å². The number of nitrogens with one attached hydrogen (secondary N) is 1. The van der Waals surface area contributed by atoms with Crippen LogP contribution in [0.15, 0.2) is 30.5 Å². The van der Waals surface area contributed by atoms with Gasteiger partial charge in [0.2, 0.25) is 5.91 Å². The first-order chi connectivity index (χ1) is 12.2. The SMILES string of the molecule is CCCCCN(CCCCC)C(=O)[C@H](N)Cc1c[nH]c2ccccc12.Cl. The number of hydrogen-bond donors (Lipinski definition) is 2. The molecule has 0 bridgehead atoms. The summed E-state index contributed by atoms with van der Waals surface area (Å²) in [6.07, 6.45) is 9.35. The van der Waals surface area contributed by atoms with Crippen LogP contribution in [-0.4, -0.2) is 34.9 Å². The molecule has 2 aromatic rings. The molecule has 4 nitrogen and oxygen atoms in total. The average Bonchev–Trinajstić information content (AvgIpc) is 3.03. The minimum Gasteiger partial charge on any atom is -0.361 e. The molecular weight excluding hydrogens is 346 g/mol. The van der Waals surface area contributed by atoms with Gasteiger partial charge in [0.25, 0.3) is 0 Å². The van der Waals surface area contributed by atoms with Gasteiger partial charge in [-0.15, -0.1) is 12.4 Å². The molecule has 146 valence electrons. The van der Waals surface area contributed by atoms with Crippen LogP contribution < -0.4 is 5.73 Å². The summed E-state index contributed by atoms with van der Waals surface area (Å²) in [5.74, 6) is 0.0949. The first kappa shape index (κ1) is 22.5. The van der Waals surface area contributed by atoms with Gasteiger partial charge in [-0.3, -0.25) is 4.79 Å². The third-order valence-corrected chi connectivity index (χ3v) is 4.81. The highest BCUT2D eigenvalue weighted by atomic mass is 35.5. The Morgan fingerprint density at radius 3 is 2.31 bits per heavy atom. The Hall–Kier alpha value is -1.52. The second kappa shape index (κ2) is 12.0. The molecule has 1 amide bonds. The maximum Gasteiger partial charge on any atom is 0.239 e. The van der Waals surface area contributed by atoms with Crippen LogP contribution in [0, 0.1) is 0 Å². The van der Waals surface area contributed by atoms with E-state index in [1.54, 1.807) is 0 Å². The number of para-hydroxylation sites is 1. The number of unbranched alkanes of at least 4 members (excludes halogenated alkanes) is 4. The fraction of sp³-hybridized carbons (Fsp3) is 0.571. The third kappa shape index (κ3) is 6.33. The Labute approximate surface area is 163 Å². The van der Waals surface area contributed by atoms with Crippen molar-refractivity contribution < 1.29 is 4.79 Å². The number of nitrogens with zero attached hydrogens (tertiary/aromatic N) is 1. The lowest BCUT2D eigenvalue weighted by Gasteiger charge is -2.26. The summed E-state index contributed by atoms with van der Waals surface area (Å²) in [6.45, 7) is 6.04. The summed E-state index contributed by atoms with van der Waals surface area (Å²) in [5, 5.41) is 1.16. The number of aromatic amines is 1. The molecular formula is C21H34ClN3O. The molecule has 0 spiro atoms. The van der Waals surface area contributed by atoms with E-state index in [-0.39, 0.29) is 18.3 Å². The highest BCUT2D eigenvalue weighted by molar-refractivity contribution is 5.86. The molecule has 1 atom stereocenters. The van der Waals surface area contributed by atoms with Gasteiger partial charge in [-0.1, -0.05) is 57.7 Å². The third-order valence-electron chi connectivity index (χ3n) is 4.81. The summed E-state index contributed by atoms with van der Waals surface area (Å²) in [7, 11) is 0. The predicted molar refractivity (Wildman–Crippen MR) is 113 cm³/mol. The number of H-pyrrole nitrogens is 1. The van der Waals surface area contributed by atoms with Gasteiger partial charge in [0, 0.05) is 30.2 Å². The van der Waals surface area contributed by atoms with E-state index in [2.05, 4.69) is 24.9 Å². The number of nitrogens with two attached hydrogens (primary N) is 1. The molecule has 0 radical (unpaired) electrons. The van der Waals surface area contributed by atoms with E-state index in [1.165, 1.54) is 12.8 Å². The summed E-state index contributed by atoms with van der Waals surface area (Å²) in [4.78, 5) is 18.1. The average molecular weight is 380 g/mol. The van der Waals surface area contributed by atoms with E-state index < -0.39 is 6.04 Å². The van der Waals surface area contributed by atoms with E-state index >= 15 is 0 Å². The number of carbonyl (C=O) groups excluding carboxylic acids is 1. The largest absolute Gasteiger partial charge is 0.361 e. The predicted octanol–water partition coefficient (Wildman–Crippen LogP) is 4.67. The van der Waals surface area contributed by atoms with Crippen molar-refractivity contribution in [3.05, 3.63) is 36.0 Å². The number of aromatic nitrogens is 1. The highest BCUT2D eigenvalue weighted by Crippen LogP contribution is 2.19. The molecule has 1 aromatic heterocycles. The van der Waals surface area contributed by atoms with Crippen LogP contribution in [0.1, 0.15) is 57.9 Å². The normalized spacial score (nSPS) is 12.0. The first-order valence-corrected chi connectivity index (χ1v) is 9.76. The molecule has 0 aliphatic heterocycles. The second-order valence-corrected chi connectivity index (χ2v) is 6.91. The zero-order chi connectivity index (χ0) is 18.1. The van der Waals surface area contributed by atoms with Crippen LogP contribution in [0.4, 0.5) is 0 Å². The quantitative estimate of drug-likeness (QED) is 0.557. The van der Waals surface area contributed by atoms with Gasteiger partial charge in [0.05, 0.1) is 6.04 Å². The molecule has 26 heavy (non-hydrogen) atoms. The summed E-state index contributed by atoms with van der Waals surface area (Å²) >= 11 is 0. The van der Waals surface area contributed by atoms with Gasteiger partial charge >= 0.3 is 0 Å². The minimum atomic E-state index is -0.470. The van der Waals surface area contributed by atoms with Crippen LogP contribution in [-0.2, 0) is 11.2 Å². The molecule has 1 aromatic carbocycles. The number of halogens is 1. The van der Waals surface area contributed by atoms with Gasteiger partial charge in [-0.25, -0.2) is 0 Å². The Bertz CT molecular complexity index is 645. The number of hydrogen-bond acceptors (Lipinski definition) is 2. The van der Waals surface area contributed by atoms with Crippen LogP contribution in [0.3, 0.4) is 0 Å². The Balaban J connectivity index is 0.00000338. The molecule has 0 aliphatic rings. The molecule has 0 aliphatic carbocycles. The summed E-state index contributed by atoms with van der Waals surface area (Å²) < 4.78 is 0. The van der Waals surface area contributed by atoms with Crippen molar-refractivity contribution in [1.29, 1.82) is 0 Å². The van der Waals surface area contributed by atoms with Crippen LogP contribution in [0.25, 0.3) is 10.9 Å². The topological polar surface area (TPSA) is 62.1 Å². The highest BCUT2D eigenvalue weighted by Gasteiger charge is 2.21. The first-order valence-electron chi connectivity index (χ1n) is 9.76. The lowest BCUT2D eigenvalue weighted by Crippen LogP contribution is -2.45. The van der Waals surface area contributed by atoms with Crippen molar-refractivity contribution in [3.8, 4) is 0 Å². The van der Waals surface area contributed by atoms with Crippen molar-refractivity contribution in [2.24, 2.45) is 5.73 Å². The smallest absolute Gasteiger partial charge is 0.239 e. The van der Waals surface area contributed by atoms with Crippen LogP contribution in [0.5, 0.6) is 0 Å². The van der Waals surface area contributed by atoms with E-state index in [0.717, 1.165) is 55.2 Å². The number of rotatable bonds is 11. The Morgan fingerprint density at radius 2 is 1.69 bits per heavy atom. The van der Waals surface area contributed by atoms with Gasteiger partial charge in [-0.05, 0) is 30.9 Å². The van der Waals surface area contributed by atoms with Crippen molar-refractivity contribution in [2.75, 3.05) is 13.1 Å². The fourth-order valence-electron chi connectivity index (χ4n) is 3.30. The maximum atomic E-state index is 12.9. The van der Waals surface area contributed by atoms with Gasteiger partial charge in [0.15, 0.2) is 0 Å². The van der Waals surface area contributed by atoms with Gasteiger partial charge in [0.1, 0.15) is 0 Å². The number of benzene rings is 1. The van der Waals surface area contributed by atoms with Gasteiger partial charge in [-0.2, -0.15) is 0 Å². The summed E-state index contributed by atoms with van der Waals surface area (Å²) in [5.41, 5.74) is 8.52. The molecule has 1 heterocycles. The Morgan fingerprint density at radius 1 is 1.08 bits per heavy atom. The van der Waals surface area contributed by atoms with Crippen LogP contribution >= 0.6 is 12.4 Å². The molecule has 0 saturated carbocycles. The Kier molecular flexibility index (Phi) is 10.4. The van der Waals surface area contributed by atoms with Crippen molar-refractivity contribution in [3.63, 3.8) is 0 Å². The molecule has 0 unspecified atom stereocenters. The monoisotopic (exact) mass is 379 g/mol. The fourth-order valence-corrected chi connectivity index (χ4v) is 3.30. The second-order valence-electron chi connectivity index (χ2n) is 6.91. The van der Waals surface area contributed by atoms with Crippen molar-refractivity contribution in [1.82, 2.24) is 9.88 Å². The van der Waals surface area contributed by atoms with E-state index in [1.807, 2.05) is 29.3 Å². The molecule has 2 rings (SSSR count). The lowest BCUT2D eigenvalue weighted by molar-refractivity contribution is -0.132. The van der Waals surface area contributed by atoms with E-state index in [4.69, 9.17) is 5.73 Å². The van der Waals surface area contributed by atoms with Gasteiger partial charge < -0.3 is 15.6 Å². The number of amides is 1. The summed E-state index contributed by atoms with van der Waals surface area (Å²) in [6, 6.07) is 7.70. The molecule has 0 saturated heterocycles. The molecule has 5 heteroatoms. The number of carbonyl (C=O) groups is 1. The number of fused-ring (bicyclic) bond motifs is 1. The molecule has 3 N–H and O–H groups in total. The zero-order valence-electron chi connectivity index (χ0n) is 16.2. The molecule has 0 fully saturated rings. The van der Waals surface area contributed by atoms with Crippen LogP contribution in [0.2, 0.25) is 0 Å². The van der Waals surface area contributed by atoms with Crippen molar-refractivity contribution in [2.45, 2.75) is 64.8 Å². The van der Waals surface area contributed by atoms with E-state index in [0.29, 0.717) is 6.42 Å². The maximum absolute atomic E-state index is 12.9. The minimum absolute atomic E-state index is 0. The van der Waals surface area contributed by atoms with E-state index in [9.17, 15) is 4.79 Å². The standard InChI is InChI=1S/C21H33N3O.ClH/c1-3-5-9-13-24(14-10-6-4-2)21(25)19(22)15-17-16-23-20-12-8-7-11-18(17)20;/h7-8,11-12,16,19,23H,3-6,9-10,13-15,22H2,1-2H3;1H/t19-;/m1./s1. The lowest BCUT2D eigenvalue weighted by atomic mass is 10.0. The zero-order valence-corrected chi connectivity index (χ0v) is 17.0.